The third kappa shape index (κ3) is 3.92. The summed E-state index contributed by atoms with van der Waals surface area (Å²) >= 11 is 0. The first-order chi connectivity index (χ1) is 9.03. The SMILES string of the molecule is CCC(N)C(=O)N(CC)Cc1ccc(OC)c(F)c1. The van der Waals surface area contributed by atoms with Crippen molar-refractivity contribution in [3.8, 4) is 5.75 Å². The molecule has 0 aromatic heterocycles. The lowest BCUT2D eigenvalue weighted by Gasteiger charge is -2.24. The number of nitrogens with zero attached hydrogens (tertiary/aromatic N) is 1. The minimum absolute atomic E-state index is 0.110. The van der Waals surface area contributed by atoms with E-state index in [-0.39, 0.29) is 11.7 Å². The molecule has 0 fully saturated rings. The number of hydrogen-bond acceptors (Lipinski definition) is 3. The minimum atomic E-state index is -0.497. The molecule has 1 aromatic rings. The number of methoxy groups -OCH3 is 1. The monoisotopic (exact) mass is 268 g/mol. The molecule has 1 atom stereocenters. The lowest BCUT2D eigenvalue weighted by molar-refractivity contribution is -0.133. The number of amides is 1. The van der Waals surface area contributed by atoms with Gasteiger partial charge in [-0.15, -0.1) is 0 Å². The van der Waals surface area contributed by atoms with Gasteiger partial charge in [-0.2, -0.15) is 0 Å². The van der Waals surface area contributed by atoms with Crippen LogP contribution in [0.4, 0.5) is 4.39 Å². The Bertz CT molecular complexity index is 437. The molecule has 106 valence electrons. The van der Waals surface area contributed by atoms with Gasteiger partial charge >= 0.3 is 0 Å². The van der Waals surface area contributed by atoms with Crippen molar-refractivity contribution in [2.24, 2.45) is 5.73 Å². The highest BCUT2D eigenvalue weighted by Crippen LogP contribution is 2.18. The van der Waals surface area contributed by atoms with Crippen LogP contribution in [0.15, 0.2) is 18.2 Å². The summed E-state index contributed by atoms with van der Waals surface area (Å²) in [5.74, 6) is -0.340. The van der Waals surface area contributed by atoms with Gasteiger partial charge in [-0.1, -0.05) is 13.0 Å². The highest BCUT2D eigenvalue weighted by atomic mass is 19.1. The van der Waals surface area contributed by atoms with E-state index >= 15 is 0 Å². The molecule has 0 saturated carbocycles. The van der Waals surface area contributed by atoms with E-state index < -0.39 is 11.9 Å². The quantitative estimate of drug-likeness (QED) is 0.857. The van der Waals surface area contributed by atoms with Crippen LogP contribution < -0.4 is 10.5 Å². The fourth-order valence-corrected chi connectivity index (χ4v) is 1.78. The van der Waals surface area contributed by atoms with Crippen LogP contribution in [0.5, 0.6) is 5.75 Å². The van der Waals surface area contributed by atoms with Gasteiger partial charge in [-0.25, -0.2) is 4.39 Å². The van der Waals surface area contributed by atoms with Crippen LogP contribution in [-0.4, -0.2) is 30.5 Å². The Balaban J connectivity index is 2.81. The minimum Gasteiger partial charge on any atom is -0.494 e. The number of hydrogen-bond donors (Lipinski definition) is 1. The van der Waals surface area contributed by atoms with Gasteiger partial charge in [0.2, 0.25) is 5.91 Å². The Hall–Kier alpha value is -1.62. The molecule has 0 aliphatic rings. The maximum atomic E-state index is 13.6. The molecular formula is C14H21FN2O2. The molecule has 0 aliphatic heterocycles. The second kappa shape index (κ2) is 7.09. The lowest BCUT2D eigenvalue weighted by Crippen LogP contribution is -2.42. The molecule has 0 aliphatic carbocycles. The van der Waals surface area contributed by atoms with E-state index in [1.165, 1.54) is 13.2 Å². The molecule has 19 heavy (non-hydrogen) atoms. The van der Waals surface area contributed by atoms with E-state index in [9.17, 15) is 9.18 Å². The number of likely N-dealkylation sites (N-methyl/N-ethyl adjacent to an activating group) is 1. The van der Waals surface area contributed by atoms with Crippen molar-refractivity contribution >= 4 is 5.91 Å². The number of ether oxygens (including phenoxy) is 1. The predicted octanol–water partition coefficient (Wildman–Crippen LogP) is 1.92. The summed E-state index contributed by atoms with van der Waals surface area (Å²) in [7, 11) is 1.42. The van der Waals surface area contributed by atoms with Crippen LogP contribution in [-0.2, 0) is 11.3 Å². The molecule has 0 radical (unpaired) electrons. The molecule has 0 bridgehead atoms. The lowest BCUT2D eigenvalue weighted by atomic mass is 10.1. The highest BCUT2D eigenvalue weighted by Gasteiger charge is 2.18. The maximum absolute atomic E-state index is 13.6. The van der Waals surface area contributed by atoms with Gasteiger partial charge in [0.25, 0.3) is 0 Å². The first kappa shape index (κ1) is 15.4. The Morgan fingerprint density at radius 2 is 2.16 bits per heavy atom. The number of halogens is 1. The van der Waals surface area contributed by atoms with Crippen molar-refractivity contribution in [1.82, 2.24) is 4.90 Å². The predicted molar refractivity (Wildman–Crippen MR) is 72.3 cm³/mol. The van der Waals surface area contributed by atoms with Crippen molar-refractivity contribution in [3.05, 3.63) is 29.6 Å². The fourth-order valence-electron chi connectivity index (χ4n) is 1.78. The first-order valence-corrected chi connectivity index (χ1v) is 6.40. The molecule has 5 heteroatoms. The zero-order chi connectivity index (χ0) is 14.4. The summed E-state index contributed by atoms with van der Waals surface area (Å²) in [6, 6.07) is 4.19. The summed E-state index contributed by atoms with van der Waals surface area (Å²) in [5.41, 5.74) is 6.46. The second-order valence-corrected chi connectivity index (χ2v) is 4.34. The second-order valence-electron chi connectivity index (χ2n) is 4.34. The molecule has 4 nitrogen and oxygen atoms in total. The van der Waals surface area contributed by atoms with E-state index in [0.29, 0.717) is 19.5 Å². The molecular weight excluding hydrogens is 247 g/mol. The summed E-state index contributed by atoms with van der Waals surface area (Å²) < 4.78 is 18.4. The topological polar surface area (TPSA) is 55.6 Å². The van der Waals surface area contributed by atoms with Crippen molar-refractivity contribution < 1.29 is 13.9 Å². The normalized spacial score (nSPS) is 12.1. The van der Waals surface area contributed by atoms with Crippen LogP contribution in [0.25, 0.3) is 0 Å². The Labute approximate surface area is 113 Å². The first-order valence-electron chi connectivity index (χ1n) is 6.40. The molecule has 1 aromatic carbocycles. The number of rotatable bonds is 6. The number of carbonyl (C=O) groups is 1. The van der Waals surface area contributed by atoms with Crippen LogP contribution >= 0.6 is 0 Å². The third-order valence-electron chi connectivity index (χ3n) is 3.04. The van der Waals surface area contributed by atoms with Gasteiger partial charge in [0, 0.05) is 13.1 Å². The summed E-state index contributed by atoms with van der Waals surface area (Å²) in [6.07, 6.45) is 0.590. The Kier molecular flexibility index (Phi) is 5.76. The number of nitrogens with two attached hydrogens (primary N) is 1. The van der Waals surface area contributed by atoms with E-state index in [1.54, 1.807) is 17.0 Å². The summed E-state index contributed by atoms with van der Waals surface area (Å²) in [6.45, 7) is 4.63. The van der Waals surface area contributed by atoms with E-state index in [1.807, 2.05) is 13.8 Å². The fraction of sp³-hybridized carbons (Fsp3) is 0.500. The van der Waals surface area contributed by atoms with Crippen molar-refractivity contribution in [2.45, 2.75) is 32.9 Å². The van der Waals surface area contributed by atoms with Crippen molar-refractivity contribution in [3.63, 3.8) is 0 Å². The molecule has 1 unspecified atom stereocenters. The van der Waals surface area contributed by atoms with Crippen LogP contribution in [0.2, 0.25) is 0 Å². The largest absolute Gasteiger partial charge is 0.494 e. The highest BCUT2D eigenvalue weighted by molar-refractivity contribution is 5.81. The summed E-state index contributed by atoms with van der Waals surface area (Å²) in [4.78, 5) is 13.6. The van der Waals surface area contributed by atoms with Gasteiger partial charge in [-0.05, 0) is 31.0 Å². The average molecular weight is 268 g/mol. The molecule has 1 amide bonds. The molecule has 0 heterocycles. The van der Waals surface area contributed by atoms with Gasteiger partial charge in [0.05, 0.1) is 13.2 Å². The van der Waals surface area contributed by atoms with Gasteiger partial charge in [-0.3, -0.25) is 4.79 Å². The van der Waals surface area contributed by atoms with Crippen molar-refractivity contribution in [1.29, 1.82) is 0 Å². The molecule has 2 N–H and O–H groups in total. The molecule has 0 saturated heterocycles. The van der Waals surface area contributed by atoms with Crippen LogP contribution in [0.3, 0.4) is 0 Å². The maximum Gasteiger partial charge on any atom is 0.239 e. The van der Waals surface area contributed by atoms with Gasteiger partial charge < -0.3 is 15.4 Å². The average Bonchev–Trinajstić information content (AvgIpc) is 2.43. The third-order valence-corrected chi connectivity index (χ3v) is 3.04. The number of benzene rings is 1. The van der Waals surface area contributed by atoms with Crippen LogP contribution in [0.1, 0.15) is 25.8 Å². The Morgan fingerprint density at radius 3 is 2.63 bits per heavy atom. The zero-order valence-electron chi connectivity index (χ0n) is 11.6. The molecule has 1 rings (SSSR count). The standard InChI is InChI=1S/C14H21FN2O2/c1-4-12(16)14(18)17(5-2)9-10-6-7-13(19-3)11(15)8-10/h6-8,12H,4-5,9,16H2,1-3H3. The van der Waals surface area contributed by atoms with E-state index in [4.69, 9.17) is 10.5 Å². The van der Waals surface area contributed by atoms with E-state index in [0.717, 1.165) is 5.56 Å². The molecule has 0 spiro atoms. The van der Waals surface area contributed by atoms with Crippen molar-refractivity contribution in [2.75, 3.05) is 13.7 Å². The Morgan fingerprint density at radius 1 is 1.47 bits per heavy atom. The summed E-state index contributed by atoms with van der Waals surface area (Å²) in [5, 5.41) is 0. The number of carbonyl (C=O) groups excluding carboxylic acids is 1. The van der Waals surface area contributed by atoms with E-state index in [2.05, 4.69) is 0 Å². The van der Waals surface area contributed by atoms with Gasteiger partial charge in [0.15, 0.2) is 11.6 Å². The zero-order valence-corrected chi connectivity index (χ0v) is 11.6. The smallest absolute Gasteiger partial charge is 0.239 e. The van der Waals surface area contributed by atoms with Gasteiger partial charge in [0.1, 0.15) is 0 Å². The van der Waals surface area contributed by atoms with Crippen LogP contribution in [0, 0.1) is 5.82 Å².